The van der Waals surface area contributed by atoms with Crippen LogP contribution in [0.1, 0.15) is 13.8 Å². The number of benzene rings is 1. The molecule has 0 aliphatic heterocycles. The summed E-state index contributed by atoms with van der Waals surface area (Å²) in [6.45, 7) is 7.87. The Hall–Kier alpha value is -2.93. The second-order valence-electron chi connectivity index (χ2n) is 5.94. The molecule has 0 amide bonds. The maximum Gasteiger partial charge on any atom is 0.286 e. The van der Waals surface area contributed by atoms with Crippen molar-refractivity contribution in [2.45, 2.75) is 13.8 Å². The Bertz CT molecular complexity index is 885. The van der Waals surface area contributed by atoms with E-state index in [2.05, 4.69) is 23.7 Å². The molecule has 0 bridgehead atoms. The van der Waals surface area contributed by atoms with Crippen LogP contribution in [0.3, 0.4) is 0 Å². The first-order valence-electron chi connectivity index (χ1n) is 8.69. The molecule has 0 N–H and O–H groups in total. The van der Waals surface area contributed by atoms with Gasteiger partial charge < -0.3 is 9.64 Å². The van der Waals surface area contributed by atoms with Crippen LogP contribution in [0, 0.1) is 10.1 Å². The monoisotopic (exact) mass is 354 g/mol. The number of hydrogen-bond donors (Lipinski definition) is 0. The van der Waals surface area contributed by atoms with E-state index in [1.807, 2.05) is 24.3 Å². The molecule has 26 heavy (non-hydrogen) atoms. The molecule has 136 valence electrons. The minimum atomic E-state index is -0.413. The first-order chi connectivity index (χ1) is 12.6. The molecule has 7 nitrogen and oxygen atoms in total. The highest BCUT2D eigenvalue weighted by molar-refractivity contribution is 5.63. The molecule has 0 spiro atoms. The molecule has 0 fully saturated rings. The largest absolute Gasteiger partial charge is 0.492 e. The maximum absolute atomic E-state index is 10.9. The quantitative estimate of drug-likeness (QED) is 0.456. The van der Waals surface area contributed by atoms with Gasteiger partial charge in [-0.05, 0) is 43.4 Å². The normalized spacial score (nSPS) is 11.2. The lowest BCUT2D eigenvalue weighted by Gasteiger charge is -2.18. The van der Waals surface area contributed by atoms with E-state index in [1.165, 1.54) is 12.3 Å². The van der Waals surface area contributed by atoms with Crippen molar-refractivity contribution in [3.05, 3.63) is 58.9 Å². The highest BCUT2D eigenvalue weighted by Crippen LogP contribution is 2.23. The van der Waals surface area contributed by atoms with E-state index in [0.717, 1.165) is 36.6 Å². The van der Waals surface area contributed by atoms with Gasteiger partial charge in [-0.25, -0.2) is 4.98 Å². The van der Waals surface area contributed by atoms with Gasteiger partial charge in [-0.15, -0.1) is 0 Å². The molecule has 0 saturated carbocycles. The van der Waals surface area contributed by atoms with Gasteiger partial charge in [-0.1, -0.05) is 13.8 Å². The van der Waals surface area contributed by atoms with Crippen LogP contribution < -0.4 is 4.74 Å². The van der Waals surface area contributed by atoms with Crippen LogP contribution in [0.25, 0.3) is 16.9 Å². The molecule has 0 saturated heterocycles. The lowest BCUT2D eigenvalue weighted by Crippen LogP contribution is -2.27. The van der Waals surface area contributed by atoms with Gasteiger partial charge in [-0.3, -0.25) is 14.5 Å². The van der Waals surface area contributed by atoms with Crippen LogP contribution in [0.15, 0.2) is 48.8 Å². The van der Waals surface area contributed by atoms with Gasteiger partial charge in [0.25, 0.3) is 5.69 Å². The predicted octanol–water partition coefficient (Wildman–Crippen LogP) is 3.63. The Balaban J connectivity index is 1.70. The molecule has 0 unspecified atom stereocenters. The smallest absolute Gasteiger partial charge is 0.286 e. The number of imidazole rings is 1. The number of hydrogen-bond acceptors (Lipinski definition) is 5. The number of likely N-dealkylation sites (N-methyl/N-ethyl adjacent to an activating group) is 1. The minimum absolute atomic E-state index is 0.0402. The van der Waals surface area contributed by atoms with Crippen LogP contribution in [-0.2, 0) is 0 Å². The number of aromatic nitrogens is 2. The third kappa shape index (κ3) is 4.00. The molecule has 2 heterocycles. The summed E-state index contributed by atoms with van der Waals surface area (Å²) in [6.07, 6.45) is 3.26. The Morgan fingerprint density at radius 3 is 2.50 bits per heavy atom. The minimum Gasteiger partial charge on any atom is -0.492 e. The molecule has 0 aliphatic carbocycles. The summed E-state index contributed by atoms with van der Waals surface area (Å²) >= 11 is 0. The van der Waals surface area contributed by atoms with E-state index in [9.17, 15) is 10.1 Å². The highest BCUT2D eigenvalue weighted by Gasteiger charge is 2.10. The van der Waals surface area contributed by atoms with E-state index in [1.54, 1.807) is 16.7 Å². The number of nitrogens with zero attached hydrogens (tertiary/aromatic N) is 4. The fraction of sp³-hybridized carbons (Fsp3) is 0.316. The first kappa shape index (κ1) is 17.9. The highest BCUT2D eigenvalue weighted by atomic mass is 16.6. The average Bonchev–Trinajstić information content (AvgIpc) is 3.09. The van der Waals surface area contributed by atoms with Gasteiger partial charge in [0.05, 0.1) is 16.8 Å². The van der Waals surface area contributed by atoms with Crippen molar-refractivity contribution < 1.29 is 9.66 Å². The topological polar surface area (TPSA) is 72.9 Å². The van der Waals surface area contributed by atoms with Crippen molar-refractivity contribution in [2.75, 3.05) is 26.2 Å². The van der Waals surface area contributed by atoms with Crippen molar-refractivity contribution in [3.8, 4) is 17.0 Å². The summed E-state index contributed by atoms with van der Waals surface area (Å²) < 4.78 is 7.46. The van der Waals surface area contributed by atoms with Gasteiger partial charge in [0.15, 0.2) is 0 Å². The summed E-state index contributed by atoms with van der Waals surface area (Å²) in [5, 5.41) is 10.9. The Morgan fingerprint density at radius 2 is 1.85 bits per heavy atom. The van der Waals surface area contributed by atoms with E-state index >= 15 is 0 Å². The third-order valence-corrected chi connectivity index (χ3v) is 4.37. The van der Waals surface area contributed by atoms with E-state index in [0.29, 0.717) is 12.3 Å². The van der Waals surface area contributed by atoms with Gasteiger partial charge in [0.1, 0.15) is 18.0 Å². The molecule has 3 rings (SSSR count). The second kappa shape index (κ2) is 7.97. The van der Waals surface area contributed by atoms with Crippen molar-refractivity contribution in [2.24, 2.45) is 0 Å². The Morgan fingerprint density at radius 1 is 1.12 bits per heavy atom. The number of fused-ring (bicyclic) bond motifs is 1. The number of nitro groups is 1. The van der Waals surface area contributed by atoms with Crippen LogP contribution >= 0.6 is 0 Å². The number of pyridine rings is 1. The van der Waals surface area contributed by atoms with Crippen molar-refractivity contribution in [3.63, 3.8) is 0 Å². The number of rotatable bonds is 8. The van der Waals surface area contributed by atoms with E-state index in [4.69, 9.17) is 4.74 Å². The average molecular weight is 354 g/mol. The van der Waals surface area contributed by atoms with Gasteiger partial charge in [0, 0.05) is 24.4 Å². The molecule has 1 aromatic carbocycles. The van der Waals surface area contributed by atoms with Crippen LogP contribution in [0.4, 0.5) is 5.69 Å². The van der Waals surface area contributed by atoms with Crippen molar-refractivity contribution >= 4 is 11.3 Å². The fourth-order valence-corrected chi connectivity index (χ4v) is 2.78. The first-order valence-corrected chi connectivity index (χ1v) is 8.69. The Kier molecular flexibility index (Phi) is 5.48. The fourth-order valence-electron chi connectivity index (χ4n) is 2.78. The molecule has 3 aromatic rings. The molecule has 0 radical (unpaired) electrons. The third-order valence-electron chi connectivity index (χ3n) is 4.37. The van der Waals surface area contributed by atoms with Gasteiger partial charge in [-0.2, -0.15) is 0 Å². The van der Waals surface area contributed by atoms with Crippen LogP contribution in [0.5, 0.6) is 5.75 Å². The maximum atomic E-state index is 10.9. The van der Waals surface area contributed by atoms with Crippen LogP contribution in [0.2, 0.25) is 0 Å². The molecular weight excluding hydrogens is 332 g/mol. The Labute approximate surface area is 152 Å². The van der Waals surface area contributed by atoms with Gasteiger partial charge in [0.2, 0.25) is 0 Å². The summed E-state index contributed by atoms with van der Waals surface area (Å²) in [5.74, 6) is 0.820. The molecule has 0 aliphatic rings. The summed E-state index contributed by atoms with van der Waals surface area (Å²) in [5.41, 5.74) is 2.41. The zero-order chi connectivity index (χ0) is 18.5. The van der Waals surface area contributed by atoms with Crippen molar-refractivity contribution in [1.29, 1.82) is 0 Å². The summed E-state index contributed by atoms with van der Waals surface area (Å²) in [7, 11) is 0. The summed E-state index contributed by atoms with van der Waals surface area (Å²) in [4.78, 5) is 17.3. The molecular formula is C19H22N4O3. The lowest BCUT2D eigenvalue weighted by atomic mass is 10.2. The lowest BCUT2D eigenvalue weighted by molar-refractivity contribution is -0.385. The zero-order valence-electron chi connectivity index (χ0n) is 15.0. The van der Waals surface area contributed by atoms with Crippen molar-refractivity contribution in [1.82, 2.24) is 14.3 Å². The SMILES string of the molecule is CCN(CC)CCOc1ccc(-c2cn3cc([N+](=O)[O-])ccc3n2)cc1. The van der Waals surface area contributed by atoms with E-state index in [-0.39, 0.29) is 5.69 Å². The van der Waals surface area contributed by atoms with Crippen LogP contribution in [-0.4, -0.2) is 45.4 Å². The van der Waals surface area contributed by atoms with Gasteiger partial charge >= 0.3 is 0 Å². The standard InChI is InChI=1S/C19H22N4O3/c1-3-21(4-2)11-12-26-17-8-5-15(6-9-17)18-14-22-13-16(23(24)25)7-10-19(22)20-18/h5-10,13-14H,3-4,11-12H2,1-2H3. The van der Waals surface area contributed by atoms with E-state index < -0.39 is 4.92 Å². The second-order valence-corrected chi connectivity index (χ2v) is 5.94. The number of ether oxygens (including phenoxy) is 1. The summed E-state index contributed by atoms with van der Waals surface area (Å²) in [6, 6.07) is 10.8. The zero-order valence-corrected chi connectivity index (χ0v) is 15.0. The molecule has 0 atom stereocenters. The molecule has 2 aromatic heterocycles. The predicted molar refractivity (Wildman–Crippen MR) is 101 cm³/mol. The molecule has 7 heteroatoms.